The zero-order valence-electron chi connectivity index (χ0n) is 11.2. The molecule has 0 aromatic heterocycles. The lowest BCUT2D eigenvalue weighted by molar-refractivity contribution is 0.194. The van der Waals surface area contributed by atoms with Crippen LogP contribution in [-0.2, 0) is 16.4 Å². The molecule has 20 heavy (non-hydrogen) atoms. The van der Waals surface area contributed by atoms with Gasteiger partial charge in [0, 0.05) is 24.7 Å². The molecule has 0 aliphatic carbocycles. The highest BCUT2D eigenvalue weighted by molar-refractivity contribution is 7.91. The molecule has 2 amide bonds. The van der Waals surface area contributed by atoms with Crippen molar-refractivity contribution in [2.24, 2.45) is 0 Å². The van der Waals surface area contributed by atoms with Gasteiger partial charge in [0.05, 0.1) is 11.5 Å². The number of benzene rings is 1. The second kappa shape index (κ2) is 6.01. The number of nitrogens with one attached hydrogen (secondary N) is 1. The van der Waals surface area contributed by atoms with Crippen LogP contribution < -0.4 is 5.32 Å². The van der Waals surface area contributed by atoms with Gasteiger partial charge in [0.1, 0.15) is 0 Å². The molecule has 2 rings (SSSR count). The van der Waals surface area contributed by atoms with Crippen molar-refractivity contribution in [1.29, 1.82) is 0 Å². The van der Waals surface area contributed by atoms with Crippen LogP contribution in [0.25, 0.3) is 0 Å². The monoisotopic (exact) mass is 316 g/mol. The van der Waals surface area contributed by atoms with Crippen LogP contribution in [0.3, 0.4) is 0 Å². The molecule has 1 heterocycles. The molecule has 7 heteroatoms. The summed E-state index contributed by atoms with van der Waals surface area (Å²) in [6, 6.07) is 6.74. The van der Waals surface area contributed by atoms with Gasteiger partial charge < -0.3 is 10.2 Å². The van der Waals surface area contributed by atoms with Gasteiger partial charge in [-0.2, -0.15) is 0 Å². The van der Waals surface area contributed by atoms with E-state index in [1.165, 1.54) is 4.90 Å². The number of nitrogens with zero attached hydrogens (tertiary/aromatic N) is 1. The minimum atomic E-state index is -2.99. The number of hydrogen-bond donors (Lipinski definition) is 1. The Morgan fingerprint density at radius 1 is 1.45 bits per heavy atom. The van der Waals surface area contributed by atoms with Gasteiger partial charge >= 0.3 is 6.03 Å². The third-order valence-corrected chi connectivity index (χ3v) is 5.58. The molecule has 1 fully saturated rings. The van der Waals surface area contributed by atoms with Crippen LogP contribution in [0.5, 0.6) is 0 Å². The minimum absolute atomic E-state index is 0.0447. The van der Waals surface area contributed by atoms with Gasteiger partial charge in [0.2, 0.25) is 0 Å². The van der Waals surface area contributed by atoms with E-state index < -0.39 is 9.84 Å². The summed E-state index contributed by atoms with van der Waals surface area (Å²) < 4.78 is 22.8. The van der Waals surface area contributed by atoms with Crippen LogP contribution in [0.1, 0.15) is 12.0 Å². The summed E-state index contributed by atoms with van der Waals surface area (Å²) in [6.07, 6.45) is 0.498. The van der Waals surface area contributed by atoms with Crippen molar-refractivity contribution >= 4 is 27.5 Å². The van der Waals surface area contributed by atoms with Gasteiger partial charge in [-0.3, -0.25) is 0 Å². The van der Waals surface area contributed by atoms with Crippen molar-refractivity contribution in [3.05, 3.63) is 34.9 Å². The number of sulfone groups is 1. The zero-order chi connectivity index (χ0) is 14.8. The number of carbonyl (C=O) groups excluding carboxylic acids is 1. The van der Waals surface area contributed by atoms with E-state index in [0.717, 1.165) is 5.56 Å². The first-order valence-electron chi connectivity index (χ1n) is 6.33. The Kier molecular flexibility index (Phi) is 4.55. The molecule has 0 radical (unpaired) electrons. The number of amides is 2. The quantitative estimate of drug-likeness (QED) is 0.922. The third kappa shape index (κ3) is 3.64. The number of halogens is 1. The van der Waals surface area contributed by atoms with Crippen LogP contribution in [0.2, 0.25) is 5.02 Å². The highest BCUT2D eigenvalue weighted by Gasteiger charge is 2.32. The van der Waals surface area contributed by atoms with E-state index in [1.807, 2.05) is 18.2 Å². The van der Waals surface area contributed by atoms with Gasteiger partial charge in [0.25, 0.3) is 0 Å². The van der Waals surface area contributed by atoms with Gasteiger partial charge in [-0.1, -0.05) is 29.8 Å². The molecule has 1 N–H and O–H groups in total. The lowest BCUT2D eigenvalue weighted by Crippen LogP contribution is -2.43. The summed E-state index contributed by atoms with van der Waals surface area (Å²) in [5.41, 5.74) is 0.829. The van der Waals surface area contributed by atoms with E-state index in [-0.39, 0.29) is 23.6 Å². The van der Waals surface area contributed by atoms with Crippen molar-refractivity contribution in [2.45, 2.75) is 19.0 Å². The SMILES string of the molecule is CN(C(=O)NCc1ccccc1Cl)C1CCS(=O)(=O)C1. The topological polar surface area (TPSA) is 66.5 Å². The van der Waals surface area contributed by atoms with Gasteiger partial charge in [-0.25, -0.2) is 13.2 Å². The highest BCUT2D eigenvalue weighted by atomic mass is 35.5. The molecule has 1 saturated heterocycles. The maximum absolute atomic E-state index is 12.0. The summed E-state index contributed by atoms with van der Waals surface area (Å²) >= 11 is 6.01. The maximum atomic E-state index is 12.0. The normalized spacial score (nSPS) is 20.6. The van der Waals surface area contributed by atoms with E-state index in [9.17, 15) is 13.2 Å². The third-order valence-electron chi connectivity index (χ3n) is 3.46. The van der Waals surface area contributed by atoms with Crippen LogP contribution in [0, 0.1) is 0 Å². The Balaban J connectivity index is 1.91. The van der Waals surface area contributed by atoms with E-state index in [2.05, 4.69) is 5.32 Å². The largest absolute Gasteiger partial charge is 0.334 e. The van der Waals surface area contributed by atoms with Gasteiger partial charge in [-0.15, -0.1) is 0 Å². The summed E-state index contributed by atoms with van der Waals surface area (Å²) in [5, 5.41) is 3.35. The number of urea groups is 1. The fourth-order valence-electron chi connectivity index (χ4n) is 2.18. The molecule has 1 aliphatic rings. The van der Waals surface area contributed by atoms with Crippen molar-refractivity contribution in [2.75, 3.05) is 18.6 Å². The predicted molar refractivity (Wildman–Crippen MR) is 78.5 cm³/mol. The first-order chi connectivity index (χ1) is 9.39. The average Bonchev–Trinajstić information content (AvgIpc) is 2.77. The first kappa shape index (κ1) is 15.1. The molecule has 110 valence electrons. The Labute approximate surface area is 123 Å². The van der Waals surface area contributed by atoms with E-state index in [1.54, 1.807) is 13.1 Å². The van der Waals surface area contributed by atoms with Crippen LogP contribution in [-0.4, -0.2) is 43.9 Å². The molecule has 5 nitrogen and oxygen atoms in total. The standard InChI is InChI=1S/C13H17ClN2O3S/c1-16(11-6-7-20(18,19)9-11)13(17)15-8-10-4-2-3-5-12(10)14/h2-5,11H,6-9H2,1H3,(H,15,17). The fourth-order valence-corrected chi connectivity index (χ4v) is 4.16. The summed E-state index contributed by atoms with van der Waals surface area (Å²) in [7, 11) is -1.37. The lowest BCUT2D eigenvalue weighted by atomic mass is 10.2. The summed E-state index contributed by atoms with van der Waals surface area (Å²) in [6.45, 7) is 0.322. The van der Waals surface area contributed by atoms with Crippen molar-refractivity contribution < 1.29 is 13.2 Å². The molecule has 0 saturated carbocycles. The molecule has 0 bridgehead atoms. The number of hydrogen-bond acceptors (Lipinski definition) is 3. The minimum Gasteiger partial charge on any atom is -0.334 e. The second-order valence-electron chi connectivity index (χ2n) is 4.92. The Morgan fingerprint density at radius 2 is 2.15 bits per heavy atom. The molecular weight excluding hydrogens is 300 g/mol. The van der Waals surface area contributed by atoms with E-state index in [0.29, 0.717) is 18.0 Å². The van der Waals surface area contributed by atoms with E-state index >= 15 is 0 Å². The summed E-state index contributed by atoms with van der Waals surface area (Å²) in [5.74, 6) is 0.197. The van der Waals surface area contributed by atoms with Gasteiger partial charge in [-0.05, 0) is 18.1 Å². The molecular formula is C13H17ClN2O3S. The Morgan fingerprint density at radius 3 is 2.75 bits per heavy atom. The lowest BCUT2D eigenvalue weighted by Gasteiger charge is -2.23. The van der Waals surface area contributed by atoms with Crippen LogP contribution in [0.15, 0.2) is 24.3 Å². The summed E-state index contributed by atoms with van der Waals surface area (Å²) in [4.78, 5) is 13.5. The molecule has 1 aromatic carbocycles. The van der Waals surface area contributed by atoms with Crippen LogP contribution >= 0.6 is 11.6 Å². The van der Waals surface area contributed by atoms with Crippen molar-refractivity contribution in [3.8, 4) is 0 Å². The fraction of sp³-hybridized carbons (Fsp3) is 0.462. The van der Waals surface area contributed by atoms with Gasteiger partial charge in [0.15, 0.2) is 9.84 Å². The van der Waals surface area contributed by atoms with E-state index in [4.69, 9.17) is 11.6 Å². The highest BCUT2D eigenvalue weighted by Crippen LogP contribution is 2.17. The number of carbonyl (C=O) groups is 1. The molecule has 0 spiro atoms. The maximum Gasteiger partial charge on any atom is 0.317 e. The molecule has 1 aliphatic heterocycles. The molecule has 1 aromatic rings. The van der Waals surface area contributed by atoms with Crippen molar-refractivity contribution in [1.82, 2.24) is 10.2 Å². The number of rotatable bonds is 3. The van der Waals surface area contributed by atoms with Crippen LogP contribution in [0.4, 0.5) is 4.79 Å². The Bertz CT molecular complexity index is 603. The predicted octanol–water partition coefficient (Wildman–Crippen LogP) is 1.67. The smallest absolute Gasteiger partial charge is 0.317 e. The second-order valence-corrected chi connectivity index (χ2v) is 7.55. The Hall–Kier alpha value is -1.27. The zero-order valence-corrected chi connectivity index (χ0v) is 12.7. The van der Waals surface area contributed by atoms with Crippen molar-refractivity contribution in [3.63, 3.8) is 0 Å². The first-order valence-corrected chi connectivity index (χ1v) is 8.53. The average molecular weight is 317 g/mol. The molecule has 1 atom stereocenters. The molecule has 1 unspecified atom stereocenters.